The van der Waals surface area contributed by atoms with Crippen molar-refractivity contribution in [1.29, 1.82) is 0 Å². The molecule has 1 heterocycles. The standard InChI is InChI=1S/C10H14N2O3/c1-3-8-11-12-9(15-8)6(2)14-10(13)7-4-5-7/h6-7H,3-5H2,1-2H3. The molecule has 15 heavy (non-hydrogen) atoms. The number of ether oxygens (including phenoxy) is 1. The zero-order chi connectivity index (χ0) is 10.8. The molecule has 1 atom stereocenters. The summed E-state index contributed by atoms with van der Waals surface area (Å²) in [6, 6.07) is 0. The Morgan fingerprint density at radius 2 is 2.33 bits per heavy atom. The van der Waals surface area contributed by atoms with E-state index < -0.39 is 6.10 Å². The predicted octanol–water partition coefficient (Wildman–Crippen LogP) is 1.65. The first kappa shape index (κ1) is 10.1. The second kappa shape index (κ2) is 4.00. The lowest BCUT2D eigenvalue weighted by Gasteiger charge is -2.07. The number of rotatable bonds is 4. The van der Waals surface area contributed by atoms with Gasteiger partial charge in [0.2, 0.25) is 5.89 Å². The first-order chi connectivity index (χ1) is 7.20. The summed E-state index contributed by atoms with van der Waals surface area (Å²) < 4.78 is 10.5. The number of hydrogen-bond acceptors (Lipinski definition) is 5. The molecule has 0 spiro atoms. The molecule has 2 rings (SSSR count). The van der Waals surface area contributed by atoms with Crippen LogP contribution in [0, 0.1) is 5.92 Å². The van der Waals surface area contributed by atoms with Gasteiger partial charge in [0.15, 0.2) is 6.10 Å². The number of nitrogens with zero attached hydrogens (tertiary/aromatic N) is 2. The maximum atomic E-state index is 11.4. The van der Waals surface area contributed by atoms with E-state index in [1.165, 1.54) is 0 Å². The zero-order valence-electron chi connectivity index (χ0n) is 8.90. The Hall–Kier alpha value is -1.39. The summed E-state index contributed by atoms with van der Waals surface area (Å²) in [5.41, 5.74) is 0. The van der Waals surface area contributed by atoms with E-state index >= 15 is 0 Å². The van der Waals surface area contributed by atoms with Crippen molar-refractivity contribution in [3.63, 3.8) is 0 Å². The van der Waals surface area contributed by atoms with E-state index in [0.29, 0.717) is 18.2 Å². The number of esters is 1. The quantitative estimate of drug-likeness (QED) is 0.707. The van der Waals surface area contributed by atoms with Crippen LogP contribution in [-0.2, 0) is 16.0 Å². The van der Waals surface area contributed by atoms with Crippen molar-refractivity contribution in [1.82, 2.24) is 10.2 Å². The van der Waals surface area contributed by atoms with Crippen LogP contribution in [0.15, 0.2) is 4.42 Å². The summed E-state index contributed by atoms with van der Waals surface area (Å²) in [5, 5.41) is 7.64. The highest BCUT2D eigenvalue weighted by Crippen LogP contribution is 2.32. The van der Waals surface area contributed by atoms with Gasteiger partial charge in [-0.1, -0.05) is 6.92 Å². The molecule has 1 aliphatic rings. The van der Waals surface area contributed by atoms with Crippen LogP contribution in [0.2, 0.25) is 0 Å². The summed E-state index contributed by atoms with van der Waals surface area (Å²) in [6.07, 6.45) is 2.13. The Bertz CT molecular complexity index is 357. The average molecular weight is 210 g/mol. The molecule has 0 amide bonds. The summed E-state index contributed by atoms with van der Waals surface area (Å²) >= 11 is 0. The highest BCUT2D eigenvalue weighted by atomic mass is 16.6. The lowest BCUT2D eigenvalue weighted by molar-refractivity contribution is -0.151. The van der Waals surface area contributed by atoms with Gasteiger partial charge in [-0.3, -0.25) is 4.79 Å². The second-order valence-electron chi connectivity index (χ2n) is 3.74. The molecule has 1 aromatic rings. The summed E-state index contributed by atoms with van der Waals surface area (Å²) in [4.78, 5) is 11.4. The van der Waals surface area contributed by atoms with E-state index in [-0.39, 0.29) is 11.9 Å². The molecule has 0 N–H and O–H groups in total. The molecule has 1 unspecified atom stereocenters. The van der Waals surface area contributed by atoms with Crippen molar-refractivity contribution in [2.24, 2.45) is 5.92 Å². The molecule has 5 heteroatoms. The number of aromatic nitrogens is 2. The van der Waals surface area contributed by atoms with E-state index in [9.17, 15) is 4.79 Å². The highest BCUT2D eigenvalue weighted by molar-refractivity contribution is 5.75. The molecule has 0 bridgehead atoms. The van der Waals surface area contributed by atoms with Crippen LogP contribution in [0.5, 0.6) is 0 Å². The second-order valence-corrected chi connectivity index (χ2v) is 3.74. The van der Waals surface area contributed by atoms with Crippen molar-refractivity contribution < 1.29 is 13.9 Å². The lowest BCUT2D eigenvalue weighted by Crippen LogP contribution is -2.10. The Morgan fingerprint density at radius 1 is 1.60 bits per heavy atom. The zero-order valence-corrected chi connectivity index (χ0v) is 8.90. The minimum atomic E-state index is -0.439. The van der Waals surface area contributed by atoms with E-state index in [4.69, 9.17) is 9.15 Å². The number of carbonyl (C=O) groups is 1. The van der Waals surface area contributed by atoms with Gasteiger partial charge >= 0.3 is 5.97 Å². The third-order valence-electron chi connectivity index (χ3n) is 2.34. The SMILES string of the molecule is CCc1nnc(C(C)OC(=O)C2CC2)o1. The van der Waals surface area contributed by atoms with E-state index in [1.54, 1.807) is 6.92 Å². The van der Waals surface area contributed by atoms with Crippen LogP contribution in [0.4, 0.5) is 0 Å². The Labute approximate surface area is 87.8 Å². The van der Waals surface area contributed by atoms with E-state index in [0.717, 1.165) is 12.8 Å². The third kappa shape index (κ3) is 2.34. The van der Waals surface area contributed by atoms with Gasteiger partial charge in [0, 0.05) is 6.42 Å². The predicted molar refractivity (Wildman–Crippen MR) is 50.9 cm³/mol. The molecule has 1 aliphatic carbocycles. The smallest absolute Gasteiger partial charge is 0.309 e. The van der Waals surface area contributed by atoms with E-state index in [1.807, 2.05) is 6.92 Å². The molecule has 1 saturated carbocycles. The molecular formula is C10H14N2O3. The monoisotopic (exact) mass is 210 g/mol. The van der Waals surface area contributed by atoms with Gasteiger partial charge in [-0.15, -0.1) is 10.2 Å². The van der Waals surface area contributed by atoms with Crippen molar-refractivity contribution in [3.8, 4) is 0 Å². The van der Waals surface area contributed by atoms with Crippen molar-refractivity contribution in [3.05, 3.63) is 11.8 Å². The van der Waals surface area contributed by atoms with Crippen LogP contribution in [0.1, 0.15) is 44.6 Å². The van der Waals surface area contributed by atoms with Gasteiger partial charge in [-0.25, -0.2) is 0 Å². The lowest BCUT2D eigenvalue weighted by atomic mass is 10.4. The van der Waals surface area contributed by atoms with Crippen LogP contribution in [-0.4, -0.2) is 16.2 Å². The minimum Gasteiger partial charge on any atom is -0.452 e. The van der Waals surface area contributed by atoms with Gasteiger partial charge in [0.25, 0.3) is 5.89 Å². The molecule has 1 aromatic heterocycles. The fourth-order valence-electron chi connectivity index (χ4n) is 1.21. The Balaban J connectivity index is 1.94. The average Bonchev–Trinajstić information content (AvgIpc) is 2.96. The molecule has 82 valence electrons. The third-order valence-corrected chi connectivity index (χ3v) is 2.34. The number of hydrogen-bond donors (Lipinski definition) is 0. The maximum absolute atomic E-state index is 11.4. The van der Waals surface area contributed by atoms with Crippen LogP contribution >= 0.6 is 0 Å². The Kier molecular flexibility index (Phi) is 2.70. The van der Waals surface area contributed by atoms with E-state index in [2.05, 4.69) is 10.2 Å². The summed E-state index contributed by atoms with van der Waals surface area (Å²) in [5.74, 6) is 0.889. The first-order valence-electron chi connectivity index (χ1n) is 5.23. The number of carbonyl (C=O) groups excluding carboxylic acids is 1. The van der Waals surface area contributed by atoms with Crippen molar-refractivity contribution in [2.75, 3.05) is 0 Å². The fraction of sp³-hybridized carbons (Fsp3) is 0.700. The fourth-order valence-corrected chi connectivity index (χ4v) is 1.21. The van der Waals surface area contributed by atoms with Crippen LogP contribution in [0.25, 0.3) is 0 Å². The first-order valence-corrected chi connectivity index (χ1v) is 5.23. The summed E-state index contributed by atoms with van der Waals surface area (Å²) in [6.45, 7) is 3.67. The molecular weight excluding hydrogens is 196 g/mol. The van der Waals surface area contributed by atoms with Gasteiger partial charge in [-0.05, 0) is 19.8 Å². The minimum absolute atomic E-state index is 0.0982. The van der Waals surface area contributed by atoms with Gasteiger partial charge in [-0.2, -0.15) is 0 Å². The molecule has 0 aromatic carbocycles. The Morgan fingerprint density at radius 3 is 2.87 bits per heavy atom. The molecule has 5 nitrogen and oxygen atoms in total. The molecule has 0 radical (unpaired) electrons. The summed E-state index contributed by atoms with van der Waals surface area (Å²) in [7, 11) is 0. The van der Waals surface area contributed by atoms with Crippen LogP contribution in [0.3, 0.4) is 0 Å². The largest absolute Gasteiger partial charge is 0.452 e. The number of aryl methyl sites for hydroxylation is 1. The molecule has 0 aliphatic heterocycles. The topological polar surface area (TPSA) is 65.2 Å². The van der Waals surface area contributed by atoms with Crippen LogP contribution < -0.4 is 0 Å². The van der Waals surface area contributed by atoms with Gasteiger partial charge < -0.3 is 9.15 Å². The van der Waals surface area contributed by atoms with Gasteiger partial charge in [0.1, 0.15) is 0 Å². The maximum Gasteiger partial charge on any atom is 0.309 e. The highest BCUT2D eigenvalue weighted by Gasteiger charge is 2.33. The van der Waals surface area contributed by atoms with Crippen molar-refractivity contribution >= 4 is 5.97 Å². The van der Waals surface area contributed by atoms with Gasteiger partial charge in [0.05, 0.1) is 5.92 Å². The van der Waals surface area contributed by atoms with Crippen molar-refractivity contribution in [2.45, 2.75) is 39.2 Å². The normalized spacial score (nSPS) is 17.5. The molecule has 1 fully saturated rings. The molecule has 0 saturated heterocycles.